The number of carbonyl (C=O) groups is 1. The van der Waals surface area contributed by atoms with Crippen LogP contribution in [-0.2, 0) is 4.79 Å². The Balaban J connectivity index is 0.00000240. The summed E-state index contributed by atoms with van der Waals surface area (Å²) in [5.74, 6) is 2.38. The van der Waals surface area contributed by atoms with Crippen molar-refractivity contribution in [2.45, 2.75) is 58.3 Å². The zero-order valence-corrected chi connectivity index (χ0v) is 20.5. The Hall–Kier alpha value is -0.570. The van der Waals surface area contributed by atoms with Crippen LogP contribution in [0, 0.1) is 11.3 Å². The van der Waals surface area contributed by atoms with Crippen molar-refractivity contribution in [1.29, 1.82) is 0 Å². The molecular weight excluding hydrogens is 477 g/mol. The van der Waals surface area contributed by atoms with Crippen LogP contribution < -0.4 is 5.32 Å². The number of piperazine rings is 1. The Bertz CT molecular complexity index is 560. The summed E-state index contributed by atoms with van der Waals surface area (Å²) in [6.07, 6.45) is 10.5. The van der Waals surface area contributed by atoms with E-state index in [-0.39, 0.29) is 24.0 Å². The Morgan fingerprint density at radius 1 is 0.966 bits per heavy atom. The van der Waals surface area contributed by atoms with Crippen molar-refractivity contribution in [3.05, 3.63) is 0 Å². The minimum atomic E-state index is 0. The predicted molar refractivity (Wildman–Crippen MR) is 129 cm³/mol. The fourth-order valence-electron chi connectivity index (χ4n) is 4.94. The highest BCUT2D eigenvalue weighted by molar-refractivity contribution is 14.0. The minimum Gasteiger partial charge on any atom is -0.357 e. The molecule has 0 bridgehead atoms. The van der Waals surface area contributed by atoms with Gasteiger partial charge in [0.2, 0.25) is 5.91 Å². The number of nitrogens with zero attached hydrogens (tertiary/aromatic N) is 4. The maximum Gasteiger partial charge on any atom is 0.236 e. The van der Waals surface area contributed by atoms with E-state index < -0.39 is 0 Å². The summed E-state index contributed by atoms with van der Waals surface area (Å²) in [7, 11) is 0. The van der Waals surface area contributed by atoms with Crippen LogP contribution >= 0.6 is 24.0 Å². The lowest BCUT2D eigenvalue weighted by Gasteiger charge is -2.37. The minimum absolute atomic E-state index is 0. The van der Waals surface area contributed by atoms with Gasteiger partial charge in [-0.1, -0.05) is 12.8 Å². The summed E-state index contributed by atoms with van der Waals surface area (Å²) in [6, 6.07) is 0. The van der Waals surface area contributed by atoms with E-state index in [9.17, 15) is 4.79 Å². The highest BCUT2D eigenvalue weighted by Gasteiger charge is 2.53. The van der Waals surface area contributed by atoms with Crippen LogP contribution in [-0.4, -0.2) is 85.5 Å². The Morgan fingerprint density at radius 3 is 2.17 bits per heavy atom. The van der Waals surface area contributed by atoms with Crippen LogP contribution in [0.4, 0.5) is 0 Å². The number of amides is 1. The van der Waals surface area contributed by atoms with Crippen molar-refractivity contribution >= 4 is 35.8 Å². The van der Waals surface area contributed by atoms with Crippen molar-refractivity contribution < 1.29 is 4.79 Å². The molecule has 4 rings (SSSR count). The smallest absolute Gasteiger partial charge is 0.236 e. The van der Waals surface area contributed by atoms with Crippen molar-refractivity contribution in [3.63, 3.8) is 0 Å². The number of hydrogen-bond acceptors (Lipinski definition) is 3. The molecule has 2 aliphatic carbocycles. The van der Waals surface area contributed by atoms with Crippen LogP contribution in [0.3, 0.4) is 0 Å². The largest absolute Gasteiger partial charge is 0.357 e. The summed E-state index contributed by atoms with van der Waals surface area (Å²) in [5, 5.41) is 3.51. The van der Waals surface area contributed by atoms with Gasteiger partial charge in [0.25, 0.3) is 0 Å². The molecule has 166 valence electrons. The molecule has 6 nitrogen and oxygen atoms in total. The van der Waals surface area contributed by atoms with Crippen LogP contribution in [0.15, 0.2) is 4.99 Å². The van der Waals surface area contributed by atoms with Gasteiger partial charge in [0.05, 0.1) is 6.54 Å². The normalized spacial score (nSPS) is 25.2. The molecule has 2 aliphatic heterocycles. The number of likely N-dealkylation sites (tertiary alicyclic amines) is 1. The molecule has 0 unspecified atom stereocenters. The third kappa shape index (κ3) is 6.21. The summed E-state index contributed by atoms with van der Waals surface area (Å²) >= 11 is 0. The first-order chi connectivity index (χ1) is 13.7. The molecule has 2 heterocycles. The van der Waals surface area contributed by atoms with E-state index in [0.29, 0.717) is 17.9 Å². The van der Waals surface area contributed by atoms with E-state index in [2.05, 4.69) is 26.9 Å². The zero-order valence-electron chi connectivity index (χ0n) is 18.2. The van der Waals surface area contributed by atoms with Crippen LogP contribution in [0.1, 0.15) is 58.3 Å². The molecule has 0 radical (unpaired) electrons. The number of aliphatic imine (C=N–C) groups is 1. The lowest BCUT2D eigenvalue weighted by Crippen LogP contribution is -2.54. The molecule has 0 spiro atoms. The van der Waals surface area contributed by atoms with Gasteiger partial charge in [0, 0.05) is 52.4 Å². The highest BCUT2D eigenvalue weighted by atomic mass is 127. The average molecular weight is 518 g/mol. The second-order valence-electron chi connectivity index (χ2n) is 9.37. The first-order valence-corrected chi connectivity index (χ1v) is 11.7. The maximum atomic E-state index is 12.7. The van der Waals surface area contributed by atoms with E-state index in [1.165, 1.54) is 51.4 Å². The second-order valence-corrected chi connectivity index (χ2v) is 9.37. The van der Waals surface area contributed by atoms with Crippen molar-refractivity contribution in [1.82, 2.24) is 20.0 Å². The molecule has 0 aromatic carbocycles. The summed E-state index contributed by atoms with van der Waals surface area (Å²) in [4.78, 5) is 24.5. The van der Waals surface area contributed by atoms with Gasteiger partial charge in [0.1, 0.15) is 0 Å². The number of halogens is 1. The van der Waals surface area contributed by atoms with Crippen molar-refractivity contribution in [2.24, 2.45) is 16.3 Å². The van der Waals surface area contributed by atoms with Gasteiger partial charge in [-0.3, -0.25) is 14.7 Å². The zero-order chi connectivity index (χ0) is 19.4. The topological polar surface area (TPSA) is 51.2 Å². The number of carbonyl (C=O) groups excluding carboxylic acids is 1. The van der Waals surface area contributed by atoms with E-state index in [0.717, 1.165) is 64.2 Å². The molecular formula is C22H40IN5O. The van der Waals surface area contributed by atoms with Gasteiger partial charge in [-0.15, -0.1) is 24.0 Å². The first kappa shape index (κ1) is 23.1. The lowest BCUT2D eigenvalue weighted by atomic mass is 10.0. The molecule has 1 N–H and O–H groups in total. The molecule has 29 heavy (non-hydrogen) atoms. The van der Waals surface area contributed by atoms with Gasteiger partial charge >= 0.3 is 0 Å². The van der Waals surface area contributed by atoms with Crippen LogP contribution in [0.2, 0.25) is 0 Å². The predicted octanol–water partition coefficient (Wildman–Crippen LogP) is 2.78. The Morgan fingerprint density at radius 2 is 1.62 bits per heavy atom. The van der Waals surface area contributed by atoms with Gasteiger partial charge in [-0.05, 0) is 56.8 Å². The molecule has 1 amide bonds. The molecule has 2 saturated carbocycles. The SMILES string of the molecule is CCNC(=NCC1(C2CC2)CC1)N1CCN(CC(=O)N2CCCCCC2)CC1.I. The molecule has 2 saturated heterocycles. The monoisotopic (exact) mass is 517 g/mol. The number of guanidine groups is 1. The van der Waals surface area contributed by atoms with Crippen LogP contribution in [0.25, 0.3) is 0 Å². The van der Waals surface area contributed by atoms with E-state index in [1.54, 1.807) is 0 Å². The molecule has 0 atom stereocenters. The van der Waals surface area contributed by atoms with Gasteiger partial charge in [-0.25, -0.2) is 0 Å². The quantitative estimate of drug-likeness (QED) is 0.335. The number of rotatable bonds is 6. The summed E-state index contributed by atoms with van der Waals surface area (Å²) in [5.41, 5.74) is 0.558. The Labute approximate surface area is 193 Å². The van der Waals surface area contributed by atoms with Crippen molar-refractivity contribution in [3.8, 4) is 0 Å². The molecule has 0 aromatic heterocycles. The number of hydrogen-bond donors (Lipinski definition) is 1. The molecule has 4 fully saturated rings. The van der Waals surface area contributed by atoms with Gasteiger partial charge in [-0.2, -0.15) is 0 Å². The van der Waals surface area contributed by atoms with E-state index in [1.807, 2.05) is 0 Å². The maximum absolute atomic E-state index is 12.7. The standard InChI is InChI=1S/C22H39N5O.HI/c1-2-23-21(24-18-22(9-10-22)19-7-8-19)27-15-13-25(14-16-27)17-20(28)26-11-5-3-4-6-12-26;/h19H,2-18H2,1H3,(H,23,24);1H. The van der Waals surface area contributed by atoms with Gasteiger partial charge in [0.15, 0.2) is 5.96 Å². The van der Waals surface area contributed by atoms with Crippen LogP contribution in [0.5, 0.6) is 0 Å². The van der Waals surface area contributed by atoms with E-state index in [4.69, 9.17) is 4.99 Å². The fraction of sp³-hybridized carbons (Fsp3) is 0.909. The molecule has 4 aliphatic rings. The molecule has 0 aromatic rings. The first-order valence-electron chi connectivity index (χ1n) is 11.7. The summed E-state index contributed by atoms with van der Waals surface area (Å²) in [6.45, 7) is 10.4. The number of nitrogens with one attached hydrogen (secondary N) is 1. The summed E-state index contributed by atoms with van der Waals surface area (Å²) < 4.78 is 0. The van der Waals surface area contributed by atoms with Gasteiger partial charge < -0.3 is 15.1 Å². The fourth-order valence-corrected chi connectivity index (χ4v) is 4.94. The molecule has 7 heteroatoms. The second kappa shape index (κ2) is 10.6. The van der Waals surface area contributed by atoms with E-state index >= 15 is 0 Å². The third-order valence-electron chi connectivity index (χ3n) is 7.20. The lowest BCUT2D eigenvalue weighted by molar-refractivity contribution is -0.132. The highest BCUT2D eigenvalue weighted by Crippen LogP contribution is 2.61. The third-order valence-corrected chi connectivity index (χ3v) is 7.20. The average Bonchev–Trinajstić information content (AvgIpc) is 3.59. The Kier molecular flexibility index (Phi) is 8.48. The van der Waals surface area contributed by atoms with Crippen molar-refractivity contribution in [2.75, 3.05) is 58.9 Å².